The average molecular weight is 209 g/mol. The molecular weight excluding hydrogens is 186 g/mol. The fourth-order valence-electron chi connectivity index (χ4n) is 2.33. The van der Waals surface area contributed by atoms with Gasteiger partial charge in [-0.3, -0.25) is 0 Å². The number of nitrogens with zero attached hydrogens (tertiary/aromatic N) is 1. The Balaban J connectivity index is 2.39. The zero-order valence-electron chi connectivity index (χ0n) is 10.5. The van der Waals surface area contributed by atoms with Gasteiger partial charge in [-0.05, 0) is 52.4 Å². The average Bonchev–Trinajstić information content (AvgIpc) is 2.46. The Morgan fingerprint density at radius 1 is 1.47 bits per heavy atom. The lowest BCUT2D eigenvalue weighted by Crippen LogP contribution is -2.24. The lowest BCUT2D eigenvalue weighted by molar-refractivity contribution is -0.0136. The maximum absolute atomic E-state index is 9.26. The van der Waals surface area contributed by atoms with Gasteiger partial charge in [0.2, 0.25) is 0 Å². The van der Waals surface area contributed by atoms with Gasteiger partial charge in [0.05, 0.1) is 17.1 Å². The molecule has 0 aliphatic heterocycles. The molecule has 0 amide bonds. The first-order valence-electron chi connectivity index (χ1n) is 5.92. The highest BCUT2D eigenvalue weighted by Crippen LogP contribution is 2.43. The minimum absolute atomic E-state index is 0.0825. The summed E-state index contributed by atoms with van der Waals surface area (Å²) in [5.41, 5.74) is -0.175. The predicted molar refractivity (Wildman–Crippen MR) is 61.4 cm³/mol. The van der Waals surface area contributed by atoms with Gasteiger partial charge in [0, 0.05) is 6.61 Å². The molecule has 15 heavy (non-hydrogen) atoms. The topological polar surface area (TPSA) is 33.0 Å². The monoisotopic (exact) mass is 209 g/mol. The SMILES string of the molecule is CC1CCC(C#N)(CCOC(C)(C)C)C1. The van der Waals surface area contributed by atoms with Gasteiger partial charge >= 0.3 is 0 Å². The first-order valence-corrected chi connectivity index (χ1v) is 5.92. The molecule has 0 aromatic rings. The smallest absolute Gasteiger partial charge is 0.0690 e. The van der Waals surface area contributed by atoms with Crippen LogP contribution in [0.25, 0.3) is 0 Å². The number of ether oxygens (including phenoxy) is 1. The van der Waals surface area contributed by atoms with Crippen molar-refractivity contribution in [1.82, 2.24) is 0 Å². The molecule has 1 saturated carbocycles. The van der Waals surface area contributed by atoms with Gasteiger partial charge in [0.15, 0.2) is 0 Å². The summed E-state index contributed by atoms with van der Waals surface area (Å²) in [6.45, 7) is 9.13. The van der Waals surface area contributed by atoms with Crippen LogP contribution >= 0.6 is 0 Å². The van der Waals surface area contributed by atoms with Crippen molar-refractivity contribution in [2.75, 3.05) is 6.61 Å². The Morgan fingerprint density at radius 3 is 2.53 bits per heavy atom. The van der Waals surface area contributed by atoms with E-state index in [0.29, 0.717) is 12.5 Å². The first-order chi connectivity index (χ1) is 6.87. The first kappa shape index (κ1) is 12.5. The molecule has 0 aromatic heterocycles. The molecule has 2 unspecified atom stereocenters. The predicted octanol–water partition coefficient (Wildman–Crippen LogP) is 3.52. The molecule has 0 bridgehead atoms. The molecule has 0 aromatic carbocycles. The fourth-order valence-corrected chi connectivity index (χ4v) is 2.33. The highest BCUT2D eigenvalue weighted by molar-refractivity contribution is 5.03. The summed E-state index contributed by atoms with van der Waals surface area (Å²) in [6.07, 6.45) is 4.20. The zero-order valence-corrected chi connectivity index (χ0v) is 10.5. The summed E-state index contributed by atoms with van der Waals surface area (Å²) >= 11 is 0. The van der Waals surface area contributed by atoms with Crippen LogP contribution in [0.5, 0.6) is 0 Å². The number of rotatable bonds is 3. The standard InChI is InChI=1S/C13H23NO/c1-11-5-6-13(9-11,10-14)7-8-15-12(2,3)4/h11H,5-9H2,1-4H3. The van der Waals surface area contributed by atoms with E-state index < -0.39 is 0 Å². The molecule has 1 aliphatic rings. The summed E-state index contributed by atoms with van der Waals surface area (Å²) in [5.74, 6) is 0.708. The molecule has 2 atom stereocenters. The third-order valence-electron chi connectivity index (χ3n) is 3.21. The number of hydrogen-bond donors (Lipinski definition) is 0. The third-order valence-corrected chi connectivity index (χ3v) is 3.21. The molecule has 0 saturated heterocycles. The highest BCUT2D eigenvalue weighted by Gasteiger charge is 2.37. The van der Waals surface area contributed by atoms with E-state index in [-0.39, 0.29) is 11.0 Å². The van der Waals surface area contributed by atoms with Crippen LogP contribution in [-0.2, 0) is 4.74 Å². The highest BCUT2D eigenvalue weighted by atomic mass is 16.5. The van der Waals surface area contributed by atoms with Crippen LogP contribution in [0.3, 0.4) is 0 Å². The minimum atomic E-state index is -0.0926. The summed E-state index contributed by atoms with van der Waals surface area (Å²) < 4.78 is 5.70. The summed E-state index contributed by atoms with van der Waals surface area (Å²) in [5, 5.41) is 9.26. The van der Waals surface area contributed by atoms with E-state index in [9.17, 15) is 5.26 Å². The number of hydrogen-bond acceptors (Lipinski definition) is 2. The maximum atomic E-state index is 9.26. The van der Waals surface area contributed by atoms with Crippen LogP contribution in [0.15, 0.2) is 0 Å². The summed E-state index contributed by atoms with van der Waals surface area (Å²) in [6, 6.07) is 2.51. The second kappa shape index (κ2) is 4.53. The molecule has 0 heterocycles. The Bertz CT molecular complexity index is 248. The normalized spacial score (nSPS) is 31.5. The Hall–Kier alpha value is -0.550. The molecule has 0 N–H and O–H groups in total. The van der Waals surface area contributed by atoms with Crippen molar-refractivity contribution in [3.8, 4) is 6.07 Å². The van der Waals surface area contributed by atoms with Crippen LogP contribution in [0.1, 0.15) is 53.4 Å². The van der Waals surface area contributed by atoms with Crippen LogP contribution in [0, 0.1) is 22.7 Å². The lowest BCUT2D eigenvalue weighted by atomic mass is 9.84. The van der Waals surface area contributed by atoms with Crippen LogP contribution < -0.4 is 0 Å². The van der Waals surface area contributed by atoms with Crippen molar-refractivity contribution in [2.24, 2.45) is 11.3 Å². The lowest BCUT2D eigenvalue weighted by Gasteiger charge is -2.24. The van der Waals surface area contributed by atoms with Crippen LogP contribution in [0.4, 0.5) is 0 Å². The molecule has 1 rings (SSSR count). The van der Waals surface area contributed by atoms with Crippen molar-refractivity contribution in [3.63, 3.8) is 0 Å². The Kier molecular flexibility index (Phi) is 3.78. The molecule has 2 nitrogen and oxygen atoms in total. The Labute approximate surface area is 93.6 Å². The van der Waals surface area contributed by atoms with E-state index in [0.717, 1.165) is 19.3 Å². The molecular formula is C13H23NO. The third kappa shape index (κ3) is 3.83. The molecule has 1 aliphatic carbocycles. The van der Waals surface area contributed by atoms with Crippen molar-refractivity contribution in [1.29, 1.82) is 5.26 Å². The van der Waals surface area contributed by atoms with Gasteiger partial charge in [-0.25, -0.2) is 0 Å². The van der Waals surface area contributed by atoms with E-state index in [1.807, 2.05) is 0 Å². The van der Waals surface area contributed by atoms with E-state index in [1.54, 1.807) is 0 Å². The van der Waals surface area contributed by atoms with Crippen molar-refractivity contribution < 1.29 is 4.74 Å². The summed E-state index contributed by atoms with van der Waals surface area (Å²) in [7, 11) is 0. The second-order valence-corrected chi connectivity index (χ2v) is 5.95. The number of nitriles is 1. The van der Waals surface area contributed by atoms with E-state index in [2.05, 4.69) is 33.8 Å². The second-order valence-electron chi connectivity index (χ2n) is 5.95. The molecule has 0 radical (unpaired) electrons. The van der Waals surface area contributed by atoms with Gasteiger partial charge in [-0.2, -0.15) is 5.26 Å². The molecule has 1 fully saturated rings. The quantitative estimate of drug-likeness (QED) is 0.712. The molecule has 86 valence electrons. The summed E-state index contributed by atoms with van der Waals surface area (Å²) in [4.78, 5) is 0. The van der Waals surface area contributed by atoms with Crippen molar-refractivity contribution in [3.05, 3.63) is 0 Å². The van der Waals surface area contributed by atoms with Crippen molar-refractivity contribution in [2.45, 2.75) is 59.0 Å². The van der Waals surface area contributed by atoms with Gasteiger partial charge in [0.1, 0.15) is 0 Å². The van der Waals surface area contributed by atoms with Gasteiger partial charge in [0.25, 0.3) is 0 Å². The van der Waals surface area contributed by atoms with Gasteiger partial charge < -0.3 is 4.74 Å². The van der Waals surface area contributed by atoms with Gasteiger partial charge in [-0.1, -0.05) is 6.92 Å². The molecule has 0 spiro atoms. The largest absolute Gasteiger partial charge is 0.376 e. The minimum Gasteiger partial charge on any atom is -0.376 e. The van der Waals surface area contributed by atoms with E-state index in [4.69, 9.17) is 4.74 Å². The van der Waals surface area contributed by atoms with Crippen LogP contribution in [-0.4, -0.2) is 12.2 Å². The fraction of sp³-hybridized carbons (Fsp3) is 0.923. The van der Waals surface area contributed by atoms with E-state index >= 15 is 0 Å². The maximum Gasteiger partial charge on any atom is 0.0690 e. The van der Waals surface area contributed by atoms with E-state index in [1.165, 1.54) is 6.42 Å². The van der Waals surface area contributed by atoms with Crippen molar-refractivity contribution >= 4 is 0 Å². The zero-order chi connectivity index (χ0) is 11.5. The van der Waals surface area contributed by atoms with Crippen LogP contribution in [0.2, 0.25) is 0 Å². The Morgan fingerprint density at radius 2 is 2.13 bits per heavy atom. The van der Waals surface area contributed by atoms with Gasteiger partial charge in [-0.15, -0.1) is 0 Å². The molecule has 2 heteroatoms.